The fourth-order valence-electron chi connectivity index (χ4n) is 2.52. The molecule has 2 N–H and O–H groups in total. The van der Waals surface area contributed by atoms with Gasteiger partial charge in [0, 0.05) is 12.0 Å². The largest absolute Gasteiger partial charge is 0.454 e. The SMILES string of the molecule is C=C(C)[C@H](O)CCC1=CC[C@@H](/C(C)=C/CC/C(C)=C\CO)OC1=O. The summed E-state index contributed by atoms with van der Waals surface area (Å²) in [7, 11) is 0. The van der Waals surface area contributed by atoms with Crippen LogP contribution in [0.1, 0.15) is 52.9 Å². The van der Waals surface area contributed by atoms with E-state index in [4.69, 9.17) is 9.84 Å². The molecule has 0 amide bonds. The van der Waals surface area contributed by atoms with E-state index in [0.29, 0.717) is 30.4 Å². The molecule has 0 bridgehead atoms. The zero-order valence-corrected chi connectivity index (χ0v) is 15.0. The van der Waals surface area contributed by atoms with Crippen LogP contribution in [0.25, 0.3) is 0 Å². The number of carbonyl (C=O) groups is 1. The number of aliphatic hydroxyl groups excluding tert-OH is 2. The molecule has 0 spiro atoms. The molecule has 4 nitrogen and oxygen atoms in total. The van der Waals surface area contributed by atoms with Crippen molar-refractivity contribution in [2.45, 2.75) is 65.1 Å². The van der Waals surface area contributed by atoms with Crippen molar-refractivity contribution in [3.8, 4) is 0 Å². The van der Waals surface area contributed by atoms with E-state index < -0.39 is 6.10 Å². The fourth-order valence-corrected chi connectivity index (χ4v) is 2.52. The second-order valence-corrected chi connectivity index (χ2v) is 6.48. The zero-order valence-electron chi connectivity index (χ0n) is 15.0. The summed E-state index contributed by atoms with van der Waals surface area (Å²) >= 11 is 0. The molecule has 1 heterocycles. The number of rotatable bonds is 9. The summed E-state index contributed by atoms with van der Waals surface area (Å²) < 4.78 is 5.52. The third kappa shape index (κ3) is 6.85. The molecule has 1 rings (SSSR count). The van der Waals surface area contributed by atoms with Crippen LogP contribution in [-0.2, 0) is 9.53 Å². The first-order valence-corrected chi connectivity index (χ1v) is 8.51. The molecule has 0 aromatic carbocycles. The first kappa shape index (κ1) is 20.4. The van der Waals surface area contributed by atoms with Crippen molar-refractivity contribution in [3.63, 3.8) is 0 Å². The van der Waals surface area contributed by atoms with Gasteiger partial charge < -0.3 is 14.9 Å². The molecule has 2 atom stereocenters. The highest BCUT2D eigenvalue weighted by Gasteiger charge is 2.24. The lowest BCUT2D eigenvalue weighted by Crippen LogP contribution is -2.25. The number of hydrogen-bond acceptors (Lipinski definition) is 4. The van der Waals surface area contributed by atoms with E-state index in [-0.39, 0.29) is 18.7 Å². The molecule has 0 aliphatic carbocycles. The van der Waals surface area contributed by atoms with Gasteiger partial charge in [0.2, 0.25) is 0 Å². The highest BCUT2D eigenvalue weighted by molar-refractivity contribution is 5.89. The Kier molecular flexibility index (Phi) is 8.72. The molecule has 0 fully saturated rings. The number of allylic oxidation sites excluding steroid dienone is 2. The smallest absolute Gasteiger partial charge is 0.334 e. The van der Waals surface area contributed by atoms with Gasteiger partial charge in [0.05, 0.1) is 12.7 Å². The van der Waals surface area contributed by atoms with Crippen LogP contribution < -0.4 is 0 Å². The van der Waals surface area contributed by atoms with Gasteiger partial charge in [0.1, 0.15) is 6.10 Å². The Morgan fingerprint density at radius 2 is 2.12 bits per heavy atom. The monoisotopic (exact) mass is 334 g/mol. The minimum atomic E-state index is -0.576. The van der Waals surface area contributed by atoms with Gasteiger partial charge in [-0.25, -0.2) is 4.79 Å². The van der Waals surface area contributed by atoms with E-state index in [1.165, 1.54) is 0 Å². The number of ether oxygens (including phenoxy) is 1. The number of carbonyl (C=O) groups excluding carboxylic acids is 1. The van der Waals surface area contributed by atoms with Gasteiger partial charge in [-0.2, -0.15) is 0 Å². The predicted molar refractivity (Wildman–Crippen MR) is 96.5 cm³/mol. The molecule has 1 aliphatic heterocycles. The topological polar surface area (TPSA) is 66.8 Å². The second-order valence-electron chi connectivity index (χ2n) is 6.48. The van der Waals surface area contributed by atoms with E-state index in [1.807, 2.05) is 19.9 Å². The third-order valence-electron chi connectivity index (χ3n) is 4.30. The lowest BCUT2D eigenvalue weighted by molar-refractivity contribution is -0.143. The van der Waals surface area contributed by atoms with Crippen molar-refractivity contribution in [1.29, 1.82) is 0 Å². The number of hydrogen-bond donors (Lipinski definition) is 2. The normalized spacial score (nSPS) is 20.5. The molecule has 24 heavy (non-hydrogen) atoms. The minimum Gasteiger partial charge on any atom is -0.454 e. The average Bonchev–Trinajstić information content (AvgIpc) is 2.53. The molecule has 0 aromatic rings. The highest BCUT2D eigenvalue weighted by atomic mass is 16.5. The summed E-state index contributed by atoms with van der Waals surface area (Å²) in [6, 6.07) is 0. The van der Waals surface area contributed by atoms with Crippen molar-refractivity contribution in [1.82, 2.24) is 0 Å². The van der Waals surface area contributed by atoms with Gasteiger partial charge in [-0.15, -0.1) is 0 Å². The van der Waals surface area contributed by atoms with Gasteiger partial charge in [0.25, 0.3) is 0 Å². The van der Waals surface area contributed by atoms with E-state index in [0.717, 1.165) is 24.0 Å². The Bertz CT molecular complexity index is 540. The standard InChI is InChI=1S/C20H30O4/c1-14(2)18(22)10-8-17-9-11-19(24-20(17)23)16(4)7-5-6-15(3)12-13-21/h7,9,12,18-19,21-22H,1,5-6,8,10-11,13H2,2-4H3/b15-12-,16-7+/t18-,19+/m1/s1. The van der Waals surface area contributed by atoms with E-state index >= 15 is 0 Å². The van der Waals surface area contributed by atoms with Crippen molar-refractivity contribution in [2.24, 2.45) is 0 Å². The Morgan fingerprint density at radius 3 is 2.71 bits per heavy atom. The zero-order chi connectivity index (χ0) is 18.1. The summed E-state index contributed by atoms with van der Waals surface area (Å²) in [5.41, 5.74) is 3.56. The predicted octanol–water partition coefficient (Wildman–Crippen LogP) is 3.61. The summed E-state index contributed by atoms with van der Waals surface area (Å²) in [5, 5.41) is 18.6. The molecule has 0 saturated heterocycles. The lowest BCUT2D eigenvalue weighted by atomic mass is 9.97. The van der Waals surface area contributed by atoms with Gasteiger partial charge in [-0.05, 0) is 52.0 Å². The second kappa shape index (κ2) is 10.3. The van der Waals surface area contributed by atoms with Gasteiger partial charge in [0.15, 0.2) is 0 Å². The first-order valence-electron chi connectivity index (χ1n) is 8.51. The summed E-state index contributed by atoms with van der Waals surface area (Å²) in [6.45, 7) is 9.54. The van der Waals surface area contributed by atoms with Crippen LogP contribution in [0, 0.1) is 0 Å². The summed E-state index contributed by atoms with van der Waals surface area (Å²) in [4.78, 5) is 12.1. The van der Waals surface area contributed by atoms with Gasteiger partial charge in [-0.3, -0.25) is 0 Å². The minimum absolute atomic E-state index is 0.0718. The van der Waals surface area contributed by atoms with E-state index in [2.05, 4.69) is 12.7 Å². The van der Waals surface area contributed by atoms with Gasteiger partial charge >= 0.3 is 5.97 Å². The van der Waals surface area contributed by atoms with Crippen molar-refractivity contribution >= 4 is 5.97 Å². The van der Waals surface area contributed by atoms with Crippen LogP contribution >= 0.6 is 0 Å². The van der Waals surface area contributed by atoms with Crippen LogP contribution in [0.3, 0.4) is 0 Å². The van der Waals surface area contributed by atoms with Crippen molar-refractivity contribution < 1.29 is 19.7 Å². The lowest BCUT2D eigenvalue weighted by Gasteiger charge is -2.23. The van der Waals surface area contributed by atoms with Crippen LogP contribution in [0.15, 0.2) is 47.1 Å². The van der Waals surface area contributed by atoms with Crippen molar-refractivity contribution in [2.75, 3.05) is 6.61 Å². The summed E-state index contributed by atoms with van der Waals surface area (Å²) in [6.07, 6.45) is 8.48. The molecule has 1 aliphatic rings. The molecule has 134 valence electrons. The molecule has 0 aromatic heterocycles. The van der Waals surface area contributed by atoms with Crippen LogP contribution in [0.5, 0.6) is 0 Å². The van der Waals surface area contributed by atoms with E-state index in [9.17, 15) is 9.90 Å². The van der Waals surface area contributed by atoms with Crippen LogP contribution in [-0.4, -0.2) is 35.0 Å². The molecule has 0 saturated carbocycles. The maximum absolute atomic E-state index is 12.1. The average molecular weight is 334 g/mol. The van der Waals surface area contributed by atoms with Crippen molar-refractivity contribution in [3.05, 3.63) is 47.1 Å². The number of aliphatic hydroxyl groups is 2. The molecular formula is C20H30O4. The van der Waals surface area contributed by atoms with Gasteiger partial charge in [-0.1, -0.05) is 36.0 Å². The van der Waals surface area contributed by atoms with Crippen LogP contribution in [0.4, 0.5) is 0 Å². The Labute approximate surface area is 145 Å². The Morgan fingerprint density at radius 1 is 1.42 bits per heavy atom. The Balaban J connectivity index is 2.52. The number of cyclic esters (lactones) is 1. The molecule has 0 radical (unpaired) electrons. The van der Waals surface area contributed by atoms with E-state index in [1.54, 1.807) is 13.0 Å². The maximum Gasteiger partial charge on any atom is 0.334 e. The first-order chi connectivity index (χ1) is 11.3. The quantitative estimate of drug-likeness (QED) is 0.499. The van der Waals surface area contributed by atoms with Crippen LogP contribution in [0.2, 0.25) is 0 Å². The third-order valence-corrected chi connectivity index (χ3v) is 4.30. The highest BCUT2D eigenvalue weighted by Crippen LogP contribution is 2.24. The summed E-state index contributed by atoms with van der Waals surface area (Å²) in [5.74, 6) is -0.288. The number of esters is 1. The fraction of sp³-hybridized carbons (Fsp3) is 0.550. The maximum atomic E-state index is 12.1. The molecular weight excluding hydrogens is 304 g/mol. The Hall–Kier alpha value is -1.65. The molecule has 4 heteroatoms. The molecule has 0 unspecified atom stereocenters.